The van der Waals surface area contributed by atoms with Crippen molar-refractivity contribution in [2.45, 2.75) is 20.5 Å². The first kappa shape index (κ1) is 16.8. The van der Waals surface area contributed by atoms with Crippen LogP contribution >= 0.6 is 11.3 Å². The highest BCUT2D eigenvalue weighted by molar-refractivity contribution is 7.15. The first-order chi connectivity index (χ1) is 11.9. The van der Waals surface area contributed by atoms with Crippen LogP contribution in [0.25, 0.3) is 4.96 Å². The maximum atomic E-state index is 12.1. The van der Waals surface area contributed by atoms with E-state index in [2.05, 4.69) is 4.98 Å². The number of fused-ring (bicyclic) bond motifs is 1. The molecule has 2 aromatic heterocycles. The Balaban J connectivity index is 1.80. The highest BCUT2D eigenvalue weighted by Gasteiger charge is 2.16. The Kier molecular flexibility index (Phi) is 4.32. The van der Waals surface area contributed by atoms with Gasteiger partial charge in [-0.2, -0.15) is 0 Å². The van der Waals surface area contributed by atoms with Crippen molar-refractivity contribution in [3.05, 3.63) is 72.6 Å². The largest absolute Gasteiger partial charge is 0.456 e. The quantitative estimate of drug-likeness (QED) is 0.403. The second-order valence-electron chi connectivity index (χ2n) is 5.42. The minimum Gasteiger partial charge on any atom is -0.456 e. The summed E-state index contributed by atoms with van der Waals surface area (Å²) in [5.41, 5.74) is 1.23. The molecule has 3 aromatic rings. The summed E-state index contributed by atoms with van der Waals surface area (Å²) < 4.78 is 6.60. The molecule has 0 unspecified atom stereocenters. The monoisotopic (exact) mass is 359 g/mol. The summed E-state index contributed by atoms with van der Waals surface area (Å²) in [6.07, 6.45) is 0. The van der Waals surface area contributed by atoms with Gasteiger partial charge in [0.05, 0.1) is 16.2 Å². The zero-order valence-electron chi connectivity index (χ0n) is 13.4. The number of ether oxygens (including phenoxy) is 1. The van der Waals surface area contributed by atoms with Gasteiger partial charge in [0.25, 0.3) is 11.2 Å². The van der Waals surface area contributed by atoms with E-state index in [0.717, 1.165) is 5.69 Å². The van der Waals surface area contributed by atoms with Gasteiger partial charge in [0.1, 0.15) is 6.61 Å². The van der Waals surface area contributed by atoms with E-state index in [1.54, 1.807) is 13.8 Å². The molecule has 0 aliphatic carbocycles. The van der Waals surface area contributed by atoms with E-state index in [1.807, 2.05) is 5.38 Å². The van der Waals surface area contributed by atoms with Crippen LogP contribution in [0.5, 0.6) is 0 Å². The minimum absolute atomic E-state index is 0.0714. The van der Waals surface area contributed by atoms with Crippen LogP contribution < -0.4 is 5.56 Å². The number of aryl methyl sites for hydroxylation is 2. The summed E-state index contributed by atoms with van der Waals surface area (Å²) >= 11 is 1.32. The lowest BCUT2D eigenvalue weighted by atomic mass is 10.1. The molecule has 0 saturated carbocycles. The number of nitrogens with zero attached hydrogens (tertiary/aromatic N) is 3. The molecule has 3 rings (SSSR count). The Bertz CT molecular complexity index is 1050. The van der Waals surface area contributed by atoms with Crippen molar-refractivity contribution in [1.82, 2.24) is 9.38 Å². The molecular formula is C16H13N3O5S. The van der Waals surface area contributed by atoms with Crippen molar-refractivity contribution >= 4 is 28.0 Å². The molecule has 2 heterocycles. The van der Waals surface area contributed by atoms with E-state index in [1.165, 1.54) is 40.0 Å². The molecule has 25 heavy (non-hydrogen) atoms. The van der Waals surface area contributed by atoms with Crippen molar-refractivity contribution in [1.29, 1.82) is 0 Å². The third-order valence-corrected chi connectivity index (χ3v) is 4.56. The predicted octanol–water partition coefficient (Wildman–Crippen LogP) is 2.64. The Morgan fingerprint density at radius 3 is 2.84 bits per heavy atom. The van der Waals surface area contributed by atoms with Crippen LogP contribution in [-0.2, 0) is 11.3 Å². The number of nitro benzene ring substituents is 1. The summed E-state index contributed by atoms with van der Waals surface area (Å²) in [6.45, 7) is 3.20. The fraction of sp³-hybridized carbons (Fsp3) is 0.188. The molecule has 0 N–H and O–H groups in total. The van der Waals surface area contributed by atoms with Crippen molar-refractivity contribution in [3.63, 3.8) is 0 Å². The highest BCUT2D eigenvalue weighted by Crippen LogP contribution is 2.20. The lowest BCUT2D eigenvalue weighted by Crippen LogP contribution is -2.16. The van der Waals surface area contributed by atoms with Crippen LogP contribution in [0.15, 0.2) is 34.4 Å². The van der Waals surface area contributed by atoms with Crippen LogP contribution in [0.4, 0.5) is 5.69 Å². The van der Waals surface area contributed by atoms with Crippen LogP contribution in [0.1, 0.15) is 27.3 Å². The predicted molar refractivity (Wildman–Crippen MR) is 91.0 cm³/mol. The molecular weight excluding hydrogens is 346 g/mol. The standard InChI is InChI=1S/C16H13N3O5S/c1-9-3-4-11(5-13(9)19(22)23)15(21)24-7-12-6-14(20)18-10(2)8-25-16(18)17-12/h3-6,8H,7H2,1-2H3. The number of aromatic nitrogens is 2. The minimum atomic E-state index is -0.715. The molecule has 9 heteroatoms. The average Bonchev–Trinajstić information content (AvgIpc) is 2.94. The van der Waals surface area contributed by atoms with Crippen molar-refractivity contribution in [2.24, 2.45) is 0 Å². The van der Waals surface area contributed by atoms with Crippen LogP contribution in [0, 0.1) is 24.0 Å². The SMILES string of the molecule is Cc1ccc(C(=O)OCc2cc(=O)n3c(C)csc3n2)cc1[N+](=O)[O-]. The summed E-state index contributed by atoms with van der Waals surface area (Å²) in [5, 5.41) is 12.8. The molecule has 0 aliphatic rings. The normalized spacial score (nSPS) is 10.8. The lowest BCUT2D eigenvalue weighted by molar-refractivity contribution is -0.385. The first-order valence-electron chi connectivity index (χ1n) is 7.26. The molecule has 0 spiro atoms. The molecule has 0 saturated heterocycles. The molecule has 0 atom stereocenters. The van der Waals surface area contributed by atoms with Gasteiger partial charge in [0.15, 0.2) is 4.96 Å². The number of rotatable bonds is 4. The average molecular weight is 359 g/mol. The number of nitro groups is 1. The van der Waals surface area contributed by atoms with Gasteiger partial charge in [0.2, 0.25) is 0 Å². The van der Waals surface area contributed by atoms with E-state index in [-0.39, 0.29) is 23.4 Å². The van der Waals surface area contributed by atoms with Crippen molar-refractivity contribution in [3.8, 4) is 0 Å². The van der Waals surface area contributed by atoms with Gasteiger partial charge in [-0.1, -0.05) is 6.07 Å². The van der Waals surface area contributed by atoms with Gasteiger partial charge in [-0.15, -0.1) is 11.3 Å². The Labute approximate surface area is 145 Å². The third-order valence-electron chi connectivity index (χ3n) is 3.62. The van der Waals surface area contributed by atoms with E-state index >= 15 is 0 Å². The molecule has 8 nitrogen and oxygen atoms in total. The first-order valence-corrected chi connectivity index (χ1v) is 8.13. The van der Waals surface area contributed by atoms with E-state index in [0.29, 0.717) is 16.2 Å². The molecule has 0 aliphatic heterocycles. The Morgan fingerprint density at radius 2 is 2.12 bits per heavy atom. The Morgan fingerprint density at radius 1 is 1.36 bits per heavy atom. The van der Waals surface area contributed by atoms with Gasteiger partial charge >= 0.3 is 5.97 Å². The number of carbonyl (C=O) groups excluding carboxylic acids is 1. The van der Waals surface area contributed by atoms with Crippen LogP contribution in [0.3, 0.4) is 0 Å². The number of esters is 1. The number of hydrogen-bond acceptors (Lipinski definition) is 7. The molecule has 0 fully saturated rings. The second kappa shape index (κ2) is 6.44. The van der Waals surface area contributed by atoms with E-state index in [9.17, 15) is 19.7 Å². The van der Waals surface area contributed by atoms with E-state index < -0.39 is 10.9 Å². The van der Waals surface area contributed by atoms with Gasteiger partial charge in [-0.3, -0.25) is 19.3 Å². The van der Waals surface area contributed by atoms with Crippen molar-refractivity contribution < 1.29 is 14.5 Å². The molecule has 0 amide bonds. The van der Waals surface area contributed by atoms with Crippen molar-refractivity contribution in [2.75, 3.05) is 0 Å². The summed E-state index contributed by atoms with van der Waals surface area (Å²) in [7, 11) is 0. The van der Waals surface area contributed by atoms with Crippen LogP contribution in [-0.4, -0.2) is 20.3 Å². The molecule has 128 valence electrons. The molecule has 0 radical (unpaired) electrons. The molecule has 1 aromatic carbocycles. The molecule has 0 bridgehead atoms. The number of carbonyl (C=O) groups is 1. The lowest BCUT2D eigenvalue weighted by Gasteiger charge is -2.06. The van der Waals surface area contributed by atoms with Gasteiger partial charge in [-0.25, -0.2) is 9.78 Å². The smallest absolute Gasteiger partial charge is 0.338 e. The number of benzene rings is 1. The fourth-order valence-electron chi connectivity index (χ4n) is 2.33. The summed E-state index contributed by atoms with van der Waals surface area (Å²) in [4.78, 5) is 39.4. The maximum Gasteiger partial charge on any atom is 0.338 e. The van der Waals surface area contributed by atoms with Gasteiger partial charge in [0, 0.05) is 28.8 Å². The number of thiazole rings is 1. The summed E-state index contributed by atoms with van der Waals surface area (Å²) in [5.74, 6) is -0.715. The van der Waals surface area contributed by atoms with E-state index in [4.69, 9.17) is 4.74 Å². The van der Waals surface area contributed by atoms with Crippen LogP contribution in [0.2, 0.25) is 0 Å². The highest BCUT2D eigenvalue weighted by atomic mass is 32.1. The zero-order valence-corrected chi connectivity index (χ0v) is 14.2. The topological polar surface area (TPSA) is 104 Å². The van der Waals surface area contributed by atoms with Gasteiger partial charge < -0.3 is 4.74 Å². The third kappa shape index (κ3) is 3.26. The fourth-order valence-corrected chi connectivity index (χ4v) is 3.22. The van der Waals surface area contributed by atoms with Gasteiger partial charge in [-0.05, 0) is 19.9 Å². The second-order valence-corrected chi connectivity index (χ2v) is 6.25. The number of hydrogen-bond donors (Lipinski definition) is 0. The zero-order chi connectivity index (χ0) is 18.1. The Hall–Kier alpha value is -3.07. The maximum absolute atomic E-state index is 12.1. The summed E-state index contributed by atoms with van der Waals surface area (Å²) in [6, 6.07) is 5.42.